The summed E-state index contributed by atoms with van der Waals surface area (Å²) in [5.41, 5.74) is 9.00. The van der Waals surface area contributed by atoms with Crippen molar-refractivity contribution in [1.29, 1.82) is 0 Å². The standard InChI is InChI=1S/C15H22N2OS/c1-9(2)7-10(3)18-15-12(14(16)19)8-11-5-4-6-13(11)17-15/h8-10H,4-7H2,1-3H3,(H2,16,19). The summed E-state index contributed by atoms with van der Waals surface area (Å²) in [5.74, 6) is 1.21. The van der Waals surface area contributed by atoms with Crippen LogP contribution in [0.4, 0.5) is 0 Å². The van der Waals surface area contributed by atoms with Crippen molar-refractivity contribution < 1.29 is 4.74 Å². The molecule has 0 saturated carbocycles. The fraction of sp³-hybridized carbons (Fsp3) is 0.600. The lowest BCUT2D eigenvalue weighted by atomic mass is 10.1. The van der Waals surface area contributed by atoms with Crippen LogP contribution in [0.15, 0.2) is 6.07 Å². The molecule has 0 saturated heterocycles. The van der Waals surface area contributed by atoms with Crippen molar-refractivity contribution in [1.82, 2.24) is 4.98 Å². The van der Waals surface area contributed by atoms with E-state index in [1.165, 1.54) is 5.56 Å². The number of hydrogen-bond donors (Lipinski definition) is 1. The van der Waals surface area contributed by atoms with Gasteiger partial charge in [-0.25, -0.2) is 4.98 Å². The highest BCUT2D eigenvalue weighted by Gasteiger charge is 2.20. The summed E-state index contributed by atoms with van der Waals surface area (Å²) in [6.07, 6.45) is 4.38. The number of pyridine rings is 1. The minimum atomic E-state index is 0.125. The normalized spacial score (nSPS) is 15.4. The number of nitrogens with zero attached hydrogens (tertiary/aromatic N) is 1. The number of ether oxygens (including phenoxy) is 1. The second-order valence-electron chi connectivity index (χ2n) is 5.72. The average Bonchev–Trinajstić information content (AvgIpc) is 2.73. The predicted octanol–water partition coefficient (Wildman–Crippen LogP) is 3.02. The lowest BCUT2D eigenvalue weighted by Gasteiger charge is -2.18. The summed E-state index contributed by atoms with van der Waals surface area (Å²) in [6.45, 7) is 6.44. The van der Waals surface area contributed by atoms with E-state index in [-0.39, 0.29) is 6.10 Å². The van der Waals surface area contributed by atoms with Crippen LogP contribution in [0.25, 0.3) is 0 Å². The van der Waals surface area contributed by atoms with Gasteiger partial charge in [-0.2, -0.15) is 0 Å². The molecule has 0 radical (unpaired) electrons. The lowest BCUT2D eigenvalue weighted by molar-refractivity contribution is 0.185. The van der Waals surface area contributed by atoms with Gasteiger partial charge >= 0.3 is 0 Å². The van der Waals surface area contributed by atoms with E-state index in [0.29, 0.717) is 16.8 Å². The molecular weight excluding hydrogens is 256 g/mol. The zero-order chi connectivity index (χ0) is 14.0. The van der Waals surface area contributed by atoms with Crippen LogP contribution in [0, 0.1) is 5.92 Å². The van der Waals surface area contributed by atoms with E-state index in [0.717, 1.165) is 36.9 Å². The average molecular weight is 278 g/mol. The predicted molar refractivity (Wildman–Crippen MR) is 81.7 cm³/mol. The highest BCUT2D eigenvalue weighted by atomic mass is 32.1. The first-order valence-corrected chi connectivity index (χ1v) is 7.37. The number of nitrogens with two attached hydrogens (primary N) is 1. The maximum absolute atomic E-state index is 5.96. The Morgan fingerprint density at radius 2 is 2.16 bits per heavy atom. The minimum Gasteiger partial charge on any atom is -0.474 e. The maximum Gasteiger partial charge on any atom is 0.224 e. The van der Waals surface area contributed by atoms with Crippen LogP contribution in [-0.2, 0) is 12.8 Å². The quantitative estimate of drug-likeness (QED) is 0.841. The molecule has 0 fully saturated rings. The molecule has 1 aliphatic carbocycles. The Hall–Kier alpha value is -1.16. The van der Waals surface area contributed by atoms with Gasteiger partial charge < -0.3 is 10.5 Å². The van der Waals surface area contributed by atoms with E-state index in [4.69, 9.17) is 22.7 Å². The van der Waals surface area contributed by atoms with Crippen molar-refractivity contribution in [3.63, 3.8) is 0 Å². The summed E-state index contributed by atoms with van der Waals surface area (Å²) < 4.78 is 5.96. The Balaban J connectivity index is 2.25. The number of fused-ring (bicyclic) bond motifs is 1. The summed E-state index contributed by atoms with van der Waals surface area (Å²) >= 11 is 5.12. The van der Waals surface area contributed by atoms with Gasteiger partial charge in [-0.3, -0.25) is 0 Å². The van der Waals surface area contributed by atoms with Gasteiger partial charge in [0.15, 0.2) is 0 Å². The summed E-state index contributed by atoms with van der Waals surface area (Å²) in [4.78, 5) is 5.00. The Kier molecular flexibility index (Phi) is 4.40. The van der Waals surface area contributed by atoms with E-state index in [2.05, 4.69) is 31.8 Å². The molecule has 1 aromatic heterocycles. The van der Waals surface area contributed by atoms with Crippen LogP contribution < -0.4 is 10.5 Å². The molecule has 1 atom stereocenters. The number of rotatable bonds is 5. The molecule has 3 nitrogen and oxygen atoms in total. The second kappa shape index (κ2) is 5.87. The van der Waals surface area contributed by atoms with Crippen molar-refractivity contribution in [3.8, 4) is 5.88 Å². The molecule has 1 aromatic rings. The van der Waals surface area contributed by atoms with E-state index >= 15 is 0 Å². The van der Waals surface area contributed by atoms with Crippen molar-refractivity contribution in [2.24, 2.45) is 11.7 Å². The van der Waals surface area contributed by atoms with Crippen LogP contribution >= 0.6 is 12.2 Å². The first-order valence-electron chi connectivity index (χ1n) is 6.96. The summed E-state index contributed by atoms with van der Waals surface area (Å²) in [7, 11) is 0. The fourth-order valence-corrected chi connectivity index (χ4v) is 2.77. The molecule has 2 rings (SSSR count). The van der Waals surface area contributed by atoms with Crippen LogP contribution in [-0.4, -0.2) is 16.1 Å². The molecule has 0 spiro atoms. The highest BCUT2D eigenvalue weighted by Crippen LogP contribution is 2.27. The molecule has 0 bridgehead atoms. The number of aryl methyl sites for hydroxylation is 2. The zero-order valence-corrected chi connectivity index (χ0v) is 12.7. The topological polar surface area (TPSA) is 48.1 Å². The van der Waals surface area contributed by atoms with Gasteiger partial charge in [0.25, 0.3) is 0 Å². The third-order valence-corrected chi connectivity index (χ3v) is 3.62. The molecule has 0 aliphatic heterocycles. The van der Waals surface area contributed by atoms with Gasteiger partial charge in [0.2, 0.25) is 5.88 Å². The van der Waals surface area contributed by atoms with Crippen molar-refractivity contribution in [2.75, 3.05) is 0 Å². The lowest BCUT2D eigenvalue weighted by Crippen LogP contribution is -2.20. The van der Waals surface area contributed by atoms with E-state index < -0.39 is 0 Å². The number of aromatic nitrogens is 1. The Bertz CT molecular complexity index is 485. The molecule has 1 aliphatic rings. The minimum absolute atomic E-state index is 0.125. The SMILES string of the molecule is CC(C)CC(C)Oc1nc2c(cc1C(N)=S)CCC2. The van der Waals surface area contributed by atoms with Crippen molar-refractivity contribution in [3.05, 3.63) is 22.9 Å². The molecular formula is C15H22N2OS. The zero-order valence-electron chi connectivity index (χ0n) is 11.9. The van der Waals surface area contributed by atoms with Gasteiger partial charge in [-0.15, -0.1) is 0 Å². The van der Waals surface area contributed by atoms with Crippen LogP contribution in [0.2, 0.25) is 0 Å². The van der Waals surface area contributed by atoms with E-state index in [9.17, 15) is 0 Å². The van der Waals surface area contributed by atoms with E-state index in [1.807, 2.05) is 0 Å². The molecule has 2 N–H and O–H groups in total. The summed E-state index contributed by atoms with van der Waals surface area (Å²) in [5, 5.41) is 0. The molecule has 104 valence electrons. The fourth-order valence-electron chi connectivity index (χ4n) is 2.62. The smallest absolute Gasteiger partial charge is 0.224 e. The Labute approximate surface area is 120 Å². The third-order valence-electron chi connectivity index (χ3n) is 3.40. The van der Waals surface area contributed by atoms with Crippen LogP contribution in [0.1, 0.15) is 50.4 Å². The Morgan fingerprint density at radius 3 is 2.79 bits per heavy atom. The molecule has 19 heavy (non-hydrogen) atoms. The van der Waals surface area contributed by atoms with Gasteiger partial charge in [0.1, 0.15) is 4.99 Å². The van der Waals surface area contributed by atoms with E-state index in [1.54, 1.807) is 0 Å². The first-order chi connectivity index (χ1) is 8.97. The molecule has 4 heteroatoms. The van der Waals surface area contributed by atoms with Gasteiger partial charge in [0.05, 0.1) is 11.7 Å². The van der Waals surface area contributed by atoms with Gasteiger partial charge in [-0.05, 0) is 50.2 Å². The first kappa shape index (κ1) is 14.3. The largest absolute Gasteiger partial charge is 0.474 e. The number of hydrogen-bond acceptors (Lipinski definition) is 3. The molecule has 1 unspecified atom stereocenters. The van der Waals surface area contributed by atoms with Gasteiger partial charge in [-0.1, -0.05) is 26.1 Å². The van der Waals surface area contributed by atoms with Crippen molar-refractivity contribution in [2.45, 2.75) is 52.6 Å². The Morgan fingerprint density at radius 1 is 1.42 bits per heavy atom. The maximum atomic E-state index is 5.96. The molecule has 0 amide bonds. The third kappa shape index (κ3) is 3.44. The van der Waals surface area contributed by atoms with Gasteiger partial charge in [0, 0.05) is 5.69 Å². The second-order valence-corrected chi connectivity index (χ2v) is 6.16. The molecule has 1 heterocycles. The molecule has 0 aromatic carbocycles. The monoisotopic (exact) mass is 278 g/mol. The highest BCUT2D eigenvalue weighted by molar-refractivity contribution is 7.80. The van der Waals surface area contributed by atoms with Crippen LogP contribution in [0.5, 0.6) is 5.88 Å². The van der Waals surface area contributed by atoms with Crippen LogP contribution in [0.3, 0.4) is 0 Å². The summed E-state index contributed by atoms with van der Waals surface area (Å²) in [6, 6.07) is 2.06. The van der Waals surface area contributed by atoms with Crippen molar-refractivity contribution >= 4 is 17.2 Å². The number of thiocarbonyl (C=S) groups is 1.